The molecule has 0 spiro atoms. The first-order valence-electron chi connectivity index (χ1n) is 4.38. The molecule has 14 heavy (non-hydrogen) atoms. The van der Waals surface area contributed by atoms with Crippen molar-refractivity contribution in [2.24, 2.45) is 5.41 Å². The van der Waals surface area contributed by atoms with E-state index < -0.39 is 5.41 Å². The molecule has 0 aliphatic heterocycles. The fraction of sp³-hybridized carbons (Fsp3) is 0.364. The van der Waals surface area contributed by atoms with Crippen LogP contribution in [0, 0.1) is 5.41 Å². The molecule has 0 N–H and O–H groups in total. The maximum Gasteiger partial charge on any atom is 0.316 e. The summed E-state index contributed by atoms with van der Waals surface area (Å²) in [7, 11) is 0. The lowest BCUT2D eigenvalue weighted by Crippen LogP contribution is -2.25. The second-order valence-corrected chi connectivity index (χ2v) is 4.48. The van der Waals surface area contributed by atoms with E-state index in [1.807, 2.05) is 0 Å². The van der Waals surface area contributed by atoms with Crippen LogP contribution in [0.1, 0.15) is 20.8 Å². The van der Waals surface area contributed by atoms with Gasteiger partial charge in [-0.3, -0.25) is 4.79 Å². The van der Waals surface area contributed by atoms with E-state index in [0.29, 0.717) is 10.8 Å². The first-order valence-corrected chi connectivity index (χ1v) is 4.76. The van der Waals surface area contributed by atoms with Gasteiger partial charge in [-0.25, -0.2) is 0 Å². The van der Waals surface area contributed by atoms with Crippen LogP contribution in [0.3, 0.4) is 0 Å². The van der Waals surface area contributed by atoms with Gasteiger partial charge < -0.3 is 4.74 Å². The van der Waals surface area contributed by atoms with Gasteiger partial charge in [-0.15, -0.1) is 0 Å². The normalized spacial score (nSPS) is 11.1. The zero-order valence-electron chi connectivity index (χ0n) is 8.50. The summed E-state index contributed by atoms with van der Waals surface area (Å²) in [6, 6.07) is 6.92. The van der Waals surface area contributed by atoms with Crippen molar-refractivity contribution >= 4 is 17.6 Å². The minimum Gasteiger partial charge on any atom is -0.425 e. The van der Waals surface area contributed by atoms with Crippen molar-refractivity contribution in [1.29, 1.82) is 0 Å². The summed E-state index contributed by atoms with van der Waals surface area (Å²) in [6.07, 6.45) is 0. The maximum absolute atomic E-state index is 11.5. The molecule has 1 rings (SSSR count). The van der Waals surface area contributed by atoms with Gasteiger partial charge in [-0.1, -0.05) is 23.7 Å². The molecule has 0 bridgehead atoms. The highest BCUT2D eigenvalue weighted by Gasteiger charge is 2.24. The summed E-state index contributed by atoms with van der Waals surface area (Å²) < 4.78 is 5.14. The average Bonchev–Trinajstić information content (AvgIpc) is 2.07. The average molecular weight is 213 g/mol. The van der Waals surface area contributed by atoms with Crippen LogP contribution in [0.4, 0.5) is 0 Å². The minimum atomic E-state index is -0.515. The van der Waals surface area contributed by atoms with Crippen molar-refractivity contribution in [2.45, 2.75) is 20.8 Å². The predicted molar refractivity (Wildman–Crippen MR) is 56.5 cm³/mol. The molecule has 1 aromatic rings. The van der Waals surface area contributed by atoms with E-state index in [2.05, 4.69) is 0 Å². The van der Waals surface area contributed by atoms with Crippen molar-refractivity contribution in [3.8, 4) is 5.75 Å². The Kier molecular flexibility index (Phi) is 3.17. The van der Waals surface area contributed by atoms with Gasteiger partial charge in [0.25, 0.3) is 0 Å². The molecular formula is C11H13ClO2. The van der Waals surface area contributed by atoms with Gasteiger partial charge in [-0.05, 0) is 32.9 Å². The molecule has 0 amide bonds. The quantitative estimate of drug-likeness (QED) is 0.528. The monoisotopic (exact) mass is 212 g/mol. The van der Waals surface area contributed by atoms with Crippen LogP contribution in [0.15, 0.2) is 24.3 Å². The molecule has 0 unspecified atom stereocenters. The van der Waals surface area contributed by atoms with Crippen LogP contribution in [0.2, 0.25) is 5.02 Å². The van der Waals surface area contributed by atoms with Crippen LogP contribution in [0.25, 0.3) is 0 Å². The molecule has 2 nitrogen and oxygen atoms in total. The largest absolute Gasteiger partial charge is 0.425 e. The number of hydrogen-bond acceptors (Lipinski definition) is 2. The van der Waals surface area contributed by atoms with E-state index in [1.165, 1.54) is 0 Å². The smallest absolute Gasteiger partial charge is 0.316 e. The number of esters is 1. The van der Waals surface area contributed by atoms with E-state index in [1.54, 1.807) is 45.0 Å². The lowest BCUT2D eigenvalue weighted by Gasteiger charge is -2.16. The highest BCUT2D eigenvalue weighted by molar-refractivity contribution is 6.32. The third kappa shape index (κ3) is 2.74. The molecule has 0 atom stereocenters. The Hall–Kier alpha value is -1.02. The van der Waals surface area contributed by atoms with E-state index >= 15 is 0 Å². The van der Waals surface area contributed by atoms with Crippen LogP contribution in [0.5, 0.6) is 5.75 Å². The van der Waals surface area contributed by atoms with Crippen molar-refractivity contribution in [2.75, 3.05) is 0 Å². The van der Waals surface area contributed by atoms with E-state index in [9.17, 15) is 4.79 Å². The summed E-state index contributed by atoms with van der Waals surface area (Å²) in [4.78, 5) is 11.5. The molecule has 0 radical (unpaired) electrons. The molecule has 0 aliphatic rings. The van der Waals surface area contributed by atoms with E-state index in [0.717, 1.165) is 0 Å². The lowest BCUT2D eigenvalue weighted by molar-refractivity contribution is -0.142. The Morgan fingerprint density at radius 2 is 1.86 bits per heavy atom. The van der Waals surface area contributed by atoms with Gasteiger partial charge in [-0.2, -0.15) is 0 Å². The zero-order valence-corrected chi connectivity index (χ0v) is 9.26. The predicted octanol–water partition coefficient (Wildman–Crippen LogP) is 3.29. The fourth-order valence-electron chi connectivity index (χ4n) is 0.780. The Balaban J connectivity index is 2.80. The number of halogens is 1. The Labute approximate surface area is 88.8 Å². The molecule has 3 heteroatoms. The molecule has 76 valence electrons. The summed E-state index contributed by atoms with van der Waals surface area (Å²) in [5, 5.41) is 0.449. The third-order valence-electron chi connectivity index (χ3n) is 1.65. The first-order chi connectivity index (χ1) is 6.41. The molecule has 0 fully saturated rings. The lowest BCUT2D eigenvalue weighted by atomic mass is 9.97. The molecular weight excluding hydrogens is 200 g/mol. The summed E-state index contributed by atoms with van der Waals surface area (Å²) >= 11 is 5.84. The minimum absolute atomic E-state index is 0.286. The Morgan fingerprint density at radius 3 is 2.36 bits per heavy atom. The van der Waals surface area contributed by atoms with Gasteiger partial charge in [0.05, 0.1) is 10.4 Å². The van der Waals surface area contributed by atoms with E-state index in [4.69, 9.17) is 16.3 Å². The zero-order chi connectivity index (χ0) is 10.8. The number of ether oxygens (including phenoxy) is 1. The summed E-state index contributed by atoms with van der Waals surface area (Å²) in [6.45, 7) is 5.39. The number of benzene rings is 1. The standard InChI is InChI=1S/C11H13ClO2/c1-11(2,3)10(13)14-9-7-5-4-6-8(9)12/h4-7H,1-3H3. The van der Waals surface area contributed by atoms with Crippen molar-refractivity contribution < 1.29 is 9.53 Å². The van der Waals surface area contributed by atoms with Crippen LogP contribution >= 0.6 is 11.6 Å². The maximum atomic E-state index is 11.5. The van der Waals surface area contributed by atoms with Gasteiger partial charge >= 0.3 is 5.97 Å². The van der Waals surface area contributed by atoms with Crippen LogP contribution < -0.4 is 4.74 Å². The Morgan fingerprint density at radius 1 is 1.29 bits per heavy atom. The third-order valence-corrected chi connectivity index (χ3v) is 1.96. The number of rotatable bonds is 1. The molecule has 0 heterocycles. The molecule has 1 aromatic carbocycles. The van der Waals surface area contributed by atoms with Crippen molar-refractivity contribution in [3.63, 3.8) is 0 Å². The van der Waals surface area contributed by atoms with Gasteiger partial charge in [0.2, 0.25) is 0 Å². The SMILES string of the molecule is CC(C)(C)C(=O)Oc1ccccc1Cl. The Bertz CT molecular complexity index is 339. The first kappa shape index (κ1) is 11.1. The molecule has 0 saturated carbocycles. The second-order valence-electron chi connectivity index (χ2n) is 4.07. The summed E-state index contributed by atoms with van der Waals surface area (Å²) in [5.74, 6) is 0.125. The van der Waals surface area contributed by atoms with Gasteiger partial charge in [0, 0.05) is 0 Å². The van der Waals surface area contributed by atoms with Crippen molar-refractivity contribution in [3.05, 3.63) is 29.3 Å². The van der Waals surface area contributed by atoms with Crippen LogP contribution in [-0.4, -0.2) is 5.97 Å². The van der Waals surface area contributed by atoms with Crippen molar-refractivity contribution in [1.82, 2.24) is 0 Å². The number of para-hydroxylation sites is 1. The fourth-order valence-corrected chi connectivity index (χ4v) is 0.955. The number of carbonyl (C=O) groups excluding carboxylic acids is 1. The van der Waals surface area contributed by atoms with E-state index in [-0.39, 0.29) is 5.97 Å². The number of hydrogen-bond donors (Lipinski definition) is 0. The van der Waals surface area contributed by atoms with Crippen LogP contribution in [-0.2, 0) is 4.79 Å². The molecule has 0 aromatic heterocycles. The van der Waals surface area contributed by atoms with Gasteiger partial charge in [0.1, 0.15) is 5.75 Å². The topological polar surface area (TPSA) is 26.3 Å². The van der Waals surface area contributed by atoms with Gasteiger partial charge in [0.15, 0.2) is 0 Å². The highest BCUT2D eigenvalue weighted by atomic mass is 35.5. The summed E-state index contributed by atoms with van der Waals surface area (Å²) in [5.41, 5.74) is -0.515. The highest BCUT2D eigenvalue weighted by Crippen LogP contribution is 2.26. The molecule has 0 aliphatic carbocycles. The molecule has 0 saturated heterocycles. The number of carbonyl (C=O) groups is 1. The second kappa shape index (κ2) is 4.01.